The van der Waals surface area contributed by atoms with E-state index in [1.807, 2.05) is 0 Å². The predicted octanol–water partition coefficient (Wildman–Crippen LogP) is 0.416. The standard InChI is InChI=1S/C7H13NO/c8-7(5-9)6-3-1-2-4-6/h3,7,9H,1-2,4-5,8H2. The molecule has 1 rings (SSSR count). The third kappa shape index (κ3) is 1.53. The molecule has 9 heavy (non-hydrogen) atoms. The van der Waals surface area contributed by atoms with Gasteiger partial charge in [-0.2, -0.15) is 0 Å². The van der Waals surface area contributed by atoms with E-state index in [1.54, 1.807) is 0 Å². The summed E-state index contributed by atoms with van der Waals surface area (Å²) < 4.78 is 0. The first-order valence-electron chi connectivity index (χ1n) is 3.40. The van der Waals surface area contributed by atoms with Gasteiger partial charge in [0.05, 0.1) is 6.61 Å². The minimum atomic E-state index is -0.0903. The number of hydrogen-bond donors (Lipinski definition) is 2. The molecule has 2 heteroatoms. The summed E-state index contributed by atoms with van der Waals surface area (Å²) in [7, 11) is 0. The zero-order valence-corrected chi connectivity index (χ0v) is 5.51. The largest absolute Gasteiger partial charge is 0.394 e. The van der Waals surface area contributed by atoms with E-state index in [0.717, 1.165) is 12.8 Å². The average Bonchev–Trinajstić information content (AvgIpc) is 2.37. The smallest absolute Gasteiger partial charge is 0.0621 e. The Morgan fingerprint density at radius 1 is 1.78 bits per heavy atom. The van der Waals surface area contributed by atoms with Gasteiger partial charge in [0.25, 0.3) is 0 Å². The number of nitrogens with two attached hydrogens (primary N) is 1. The summed E-state index contributed by atoms with van der Waals surface area (Å²) in [5.74, 6) is 0. The molecule has 1 aliphatic carbocycles. The lowest BCUT2D eigenvalue weighted by Crippen LogP contribution is -2.25. The normalized spacial score (nSPS) is 21.8. The first-order valence-corrected chi connectivity index (χ1v) is 3.40. The number of rotatable bonds is 2. The van der Waals surface area contributed by atoms with E-state index in [0.29, 0.717) is 0 Å². The SMILES string of the molecule is NC(CO)C1=CCCC1. The summed E-state index contributed by atoms with van der Waals surface area (Å²) >= 11 is 0. The second-order valence-electron chi connectivity index (χ2n) is 2.46. The maximum atomic E-state index is 8.63. The maximum Gasteiger partial charge on any atom is 0.0621 e. The molecule has 0 saturated carbocycles. The third-order valence-corrected chi connectivity index (χ3v) is 1.75. The molecule has 1 atom stereocenters. The van der Waals surface area contributed by atoms with Gasteiger partial charge in [0.1, 0.15) is 0 Å². The van der Waals surface area contributed by atoms with E-state index in [1.165, 1.54) is 12.0 Å². The van der Waals surface area contributed by atoms with Crippen molar-refractivity contribution in [2.24, 2.45) is 5.73 Å². The topological polar surface area (TPSA) is 46.2 Å². The Morgan fingerprint density at radius 3 is 3.00 bits per heavy atom. The fraction of sp³-hybridized carbons (Fsp3) is 0.714. The molecule has 1 unspecified atom stereocenters. The van der Waals surface area contributed by atoms with E-state index >= 15 is 0 Å². The highest BCUT2D eigenvalue weighted by atomic mass is 16.3. The van der Waals surface area contributed by atoms with Gasteiger partial charge in [0.15, 0.2) is 0 Å². The van der Waals surface area contributed by atoms with Gasteiger partial charge in [-0.25, -0.2) is 0 Å². The number of aliphatic hydroxyl groups is 1. The quantitative estimate of drug-likeness (QED) is 0.528. The molecule has 0 spiro atoms. The van der Waals surface area contributed by atoms with Crippen LogP contribution in [0.5, 0.6) is 0 Å². The summed E-state index contributed by atoms with van der Waals surface area (Å²) in [5.41, 5.74) is 6.79. The van der Waals surface area contributed by atoms with E-state index in [2.05, 4.69) is 6.08 Å². The van der Waals surface area contributed by atoms with E-state index in [4.69, 9.17) is 10.8 Å². The first kappa shape index (κ1) is 6.78. The van der Waals surface area contributed by atoms with E-state index in [9.17, 15) is 0 Å². The highest BCUT2D eigenvalue weighted by Crippen LogP contribution is 2.19. The molecule has 0 aromatic rings. The van der Waals surface area contributed by atoms with E-state index in [-0.39, 0.29) is 12.6 Å². The average molecular weight is 127 g/mol. The van der Waals surface area contributed by atoms with Crippen LogP contribution in [0.25, 0.3) is 0 Å². The predicted molar refractivity (Wildman–Crippen MR) is 37.0 cm³/mol. The molecule has 0 radical (unpaired) electrons. The van der Waals surface area contributed by atoms with Crippen LogP contribution in [0, 0.1) is 0 Å². The highest BCUT2D eigenvalue weighted by molar-refractivity contribution is 5.14. The van der Waals surface area contributed by atoms with Gasteiger partial charge in [-0.15, -0.1) is 0 Å². The zero-order valence-electron chi connectivity index (χ0n) is 5.51. The Morgan fingerprint density at radius 2 is 2.56 bits per heavy atom. The Balaban J connectivity index is 2.40. The Bertz CT molecular complexity index is 120. The summed E-state index contributed by atoms with van der Waals surface area (Å²) in [6.07, 6.45) is 5.58. The van der Waals surface area contributed by atoms with Gasteiger partial charge in [0, 0.05) is 6.04 Å². The third-order valence-electron chi connectivity index (χ3n) is 1.75. The number of allylic oxidation sites excluding steroid dienone is 1. The van der Waals surface area contributed by atoms with Gasteiger partial charge in [-0.3, -0.25) is 0 Å². The fourth-order valence-electron chi connectivity index (χ4n) is 1.15. The lowest BCUT2D eigenvalue weighted by Gasteiger charge is -2.07. The molecule has 0 heterocycles. The fourth-order valence-corrected chi connectivity index (χ4v) is 1.15. The molecule has 0 aromatic heterocycles. The van der Waals surface area contributed by atoms with Crippen LogP contribution in [0.2, 0.25) is 0 Å². The van der Waals surface area contributed by atoms with Crippen molar-refractivity contribution in [3.8, 4) is 0 Å². The van der Waals surface area contributed by atoms with Crippen molar-refractivity contribution in [3.05, 3.63) is 11.6 Å². The molecule has 0 aliphatic heterocycles. The highest BCUT2D eigenvalue weighted by Gasteiger charge is 2.10. The molecule has 0 bridgehead atoms. The van der Waals surface area contributed by atoms with Gasteiger partial charge in [-0.1, -0.05) is 11.6 Å². The zero-order chi connectivity index (χ0) is 6.69. The van der Waals surface area contributed by atoms with Crippen LogP contribution in [0.4, 0.5) is 0 Å². The van der Waals surface area contributed by atoms with Crippen molar-refractivity contribution >= 4 is 0 Å². The summed E-state index contributed by atoms with van der Waals surface area (Å²) in [6.45, 7) is 0.0891. The molecule has 52 valence electrons. The summed E-state index contributed by atoms with van der Waals surface area (Å²) in [4.78, 5) is 0. The van der Waals surface area contributed by atoms with Gasteiger partial charge in [-0.05, 0) is 19.3 Å². The molecule has 0 amide bonds. The molecular formula is C7H13NO. The second kappa shape index (κ2) is 2.99. The summed E-state index contributed by atoms with van der Waals surface area (Å²) in [6, 6.07) is -0.0903. The lowest BCUT2D eigenvalue weighted by atomic mass is 10.1. The molecule has 0 aromatic carbocycles. The Labute approximate surface area is 55.4 Å². The number of aliphatic hydroxyl groups excluding tert-OH is 1. The summed E-state index contributed by atoms with van der Waals surface area (Å²) in [5, 5.41) is 8.63. The van der Waals surface area contributed by atoms with Crippen molar-refractivity contribution in [2.45, 2.75) is 25.3 Å². The molecule has 2 nitrogen and oxygen atoms in total. The molecular weight excluding hydrogens is 114 g/mol. The molecule has 1 aliphatic rings. The molecule has 3 N–H and O–H groups in total. The minimum absolute atomic E-state index is 0.0891. The van der Waals surface area contributed by atoms with Crippen molar-refractivity contribution in [1.29, 1.82) is 0 Å². The Kier molecular flexibility index (Phi) is 2.25. The van der Waals surface area contributed by atoms with Crippen LogP contribution in [-0.2, 0) is 0 Å². The second-order valence-corrected chi connectivity index (χ2v) is 2.46. The van der Waals surface area contributed by atoms with Crippen LogP contribution >= 0.6 is 0 Å². The van der Waals surface area contributed by atoms with Gasteiger partial charge < -0.3 is 10.8 Å². The van der Waals surface area contributed by atoms with Crippen molar-refractivity contribution < 1.29 is 5.11 Å². The van der Waals surface area contributed by atoms with Crippen LogP contribution in [0.1, 0.15) is 19.3 Å². The van der Waals surface area contributed by atoms with Crippen LogP contribution in [-0.4, -0.2) is 17.8 Å². The monoisotopic (exact) mass is 127 g/mol. The minimum Gasteiger partial charge on any atom is -0.394 e. The van der Waals surface area contributed by atoms with Crippen molar-refractivity contribution in [2.75, 3.05) is 6.61 Å². The molecule has 0 saturated heterocycles. The van der Waals surface area contributed by atoms with Gasteiger partial charge >= 0.3 is 0 Å². The molecule has 0 fully saturated rings. The van der Waals surface area contributed by atoms with Crippen LogP contribution < -0.4 is 5.73 Å². The van der Waals surface area contributed by atoms with Crippen LogP contribution in [0.3, 0.4) is 0 Å². The van der Waals surface area contributed by atoms with Gasteiger partial charge in [0.2, 0.25) is 0 Å². The van der Waals surface area contributed by atoms with Crippen molar-refractivity contribution in [3.63, 3.8) is 0 Å². The maximum absolute atomic E-state index is 8.63. The Hall–Kier alpha value is -0.340. The van der Waals surface area contributed by atoms with Crippen molar-refractivity contribution in [1.82, 2.24) is 0 Å². The van der Waals surface area contributed by atoms with E-state index < -0.39 is 0 Å². The lowest BCUT2D eigenvalue weighted by molar-refractivity contribution is 0.278. The number of hydrogen-bond acceptors (Lipinski definition) is 2. The first-order chi connectivity index (χ1) is 4.34. The van der Waals surface area contributed by atoms with Crippen LogP contribution in [0.15, 0.2) is 11.6 Å².